The smallest absolute Gasteiger partial charge is 0.146 e. The summed E-state index contributed by atoms with van der Waals surface area (Å²) in [6, 6.07) is 4.90. The Balaban J connectivity index is 2.37. The number of nitrogen functional groups attached to an aromatic ring is 1. The van der Waals surface area contributed by atoms with Crippen LogP contribution in [0.3, 0.4) is 0 Å². The molecular weight excluding hydrogens is 189 g/mol. The number of anilines is 1. The minimum atomic E-state index is -0.362. The van der Waals surface area contributed by atoms with Gasteiger partial charge < -0.3 is 5.73 Å². The van der Waals surface area contributed by atoms with Gasteiger partial charge in [-0.25, -0.2) is 4.39 Å². The van der Waals surface area contributed by atoms with Crippen molar-refractivity contribution in [2.24, 2.45) is 0 Å². The maximum absolute atomic E-state index is 13.2. The first-order valence-corrected chi connectivity index (χ1v) is 4.86. The van der Waals surface area contributed by atoms with Crippen molar-refractivity contribution in [3.63, 3.8) is 0 Å². The molecule has 1 aliphatic rings. The zero-order valence-electron chi connectivity index (χ0n) is 8.28. The SMILES string of the molecule is Nc1ccc(C2=CCC=CC=C2)cc1F. The second kappa shape index (κ2) is 4.13. The molecule has 2 rings (SSSR count). The maximum Gasteiger partial charge on any atom is 0.146 e. The van der Waals surface area contributed by atoms with Gasteiger partial charge in [0.15, 0.2) is 0 Å². The van der Waals surface area contributed by atoms with E-state index < -0.39 is 0 Å². The van der Waals surface area contributed by atoms with E-state index in [9.17, 15) is 4.39 Å². The Kier molecular flexibility index (Phi) is 2.68. The highest BCUT2D eigenvalue weighted by atomic mass is 19.1. The number of hydrogen-bond donors (Lipinski definition) is 1. The van der Waals surface area contributed by atoms with Gasteiger partial charge in [0.05, 0.1) is 5.69 Å². The number of benzene rings is 1. The Bertz CT molecular complexity index is 456. The number of hydrogen-bond acceptors (Lipinski definition) is 1. The molecule has 15 heavy (non-hydrogen) atoms. The van der Waals surface area contributed by atoms with E-state index in [1.165, 1.54) is 6.07 Å². The molecule has 2 heteroatoms. The molecule has 0 aromatic heterocycles. The van der Waals surface area contributed by atoms with Crippen LogP contribution in [0.2, 0.25) is 0 Å². The maximum atomic E-state index is 13.2. The largest absolute Gasteiger partial charge is 0.396 e. The van der Waals surface area contributed by atoms with E-state index in [-0.39, 0.29) is 11.5 Å². The van der Waals surface area contributed by atoms with E-state index in [0.29, 0.717) is 0 Å². The molecule has 0 unspecified atom stereocenters. The van der Waals surface area contributed by atoms with Crippen LogP contribution in [0.1, 0.15) is 12.0 Å². The number of rotatable bonds is 1. The quantitative estimate of drug-likeness (QED) is 0.693. The first-order chi connectivity index (χ1) is 7.27. The predicted octanol–water partition coefficient (Wildman–Crippen LogP) is 3.31. The van der Waals surface area contributed by atoms with Crippen LogP contribution in [0, 0.1) is 5.82 Å². The summed E-state index contributed by atoms with van der Waals surface area (Å²) in [5.41, 5.74) is 7.50. The van der Waals surface area contributed by atoms with Crippen molar-refractivity contribution in [1.29, 1.82) is 0 Å². The summed E-state index contributed by atoms with van der Waals surface area (Å²) in [5, 5.41) is 0. The van der Waals surface area contributed by atoms with Crippen molar-refractivity contribution in [2.45, 2.75) is 6.42 Å². The van der Waals surface area contributed by atoms with Gasteiger partial charge in [-0.05, 0) is 29.7 Å². The van der Waals surface area contributed by atoms with E-state index >= 15 is 0 Å². The Morgan fingerprint density at radius 3 is 2.87 bits per heavy atom. The second-order valence-electron chi connectivity index (χ2n) is 3.42. The molecule has 0 aliphatic heterocycles. The summed E-state index contributed by atoms with van der Waals surface area (Å²) in [5.74, 6) is -0.362. The molecule has 0 saturated carbocycles. The summed E-state index contributed by atoms with van der Waals surface area (Å²) < 4.78 is 13.2. The van der Waals surface area contributed by atoms with Gasteiger partial charge in [-0.1, -0.05) is 36.4 Å². The normalized spacial score (nSPS) is 14.9. The molecule has 0 fully saturated rings. The minimum Gasteiger partial charge on any atom is -0.396 e. The molecule has 0 heterocycles. The zero-order chi connectivity index (χ0) is 10.7. The average molecular weight is 201 g/mol. The van der Waals surface area contributed by atoms with Crippen LogP contribution in [0.25, 0.3) is 5.57 Å². The molecule has 0 spiro atoms. The topological polar surface area (TPSA) is 26.0 Å². The van der Waals surface area contributed by atoms with E-state index in [0.717, 1.165) is 17.6 Å². The predicted molar refractivity (Wildman–Crippen MR) is 61.7 cm³/mol. The fourth-order valence-corrected chi connectivity index (χ4v) is 1.50. The molecule has 76 valence electrons. The summed E-state index contributed by atoms with van der Waals surface area (Å²) in [4.78, 5) is 0. The van der Waals surface area contributed by atoms with Crippen LogP contribution >= 0.6 is 0 Å². The van der Waals surface area contributed by atoms with Crippen molar-refractivity contribution in [3.05, 3.63) is 60.0 Å². The highest BCUT2D eigenvalue weighted by Gasteiger charge is 2.03. The molecule has 0 bridgehead atoms. The third-order valence-electron chi connectivity index (χ3n) is 2.33. The lowest BCUT2D eigenvalue weighted by molar-refractivity contribution is 0.632. The minimum absolute atomic E-state index is 0.190. The van der Waals surface area contributed by atoms with Gasteiger partial charge in [0.25, 0.3) is 0 Å². The summed E-state index contributed by atoms with van der Waals surface area (Å²) in [7, 11) is 0. The van der Waals surface area contributed by atoms with Crippen LogP contribution in [-0.2, 0) is 0 Å². The summed E-state index contributed by atoms with van der Waals surface area (Å²) in [6.45, 7) is 0. The third kappa shape index (κ3) is 2.15. The van der Waals surface area contributed by atoms with Crippen molar-refractivity contribution in [2.75, 3.05) is 5.73 Å². The van der Waals surface area contributed by atoms with Gasteiger partial charge in [-0.2, -0.15) is 0 Å². The van der Waals surface area contributed by atoms with Crippen LogP contribution in [0.5, 0.6) is 0 Å². The molecule has 1 aliphatic carbocycles. The second-order valence-corrected chi connectivity index (χ2v) is 3.42. The van der Waals surface area contributed by atoms with Gasteiger partial charge in [0.2, 0.25) is 0 Å². The fraction of sp³-hybridized carbons (Fsp3) is 0.0769. The van der Waals surface area contributed by atoms with Crippen LogP contribution in [-0.4, -0.2) is 0 Å². The molecule has 1 nitrogen and oxygen atoms in total. The summed E-state index contributed by atoms with van der Waals surface area (Å²) >= 11 is 0. The lowest BCUT2D eigenvalue weighted by atomic mass is 10.0. The number of nitrogens with two attached hydrogens (primary N) is 1. The van der Waals surface area contributed by atoms with Gasteiger partial charge in [0.1, 0.15) is 5.82 Å². The van der Waals surface area contributed by atoms with Crippen LogP contribution in [0.15, 0.2) is 48.6 Å². The Labute approximate surface area is 88.4 Å². The molecule has 0 atom stereocenters. The Hall–Kier alpha value is -1.83. The highest BCUT2D eigenvalue weighted by molar-refractivity contribution is 5.75. The average Bonchev–Trinajstić information content (AvgIpc) is 2.50. The first-order valence-electron chi connectivity index (χ1n) is 4.86. The molecule has 1 aromatic carbocycles. The van der Waals surface area contributed by atoms with E-state index in [1.54, 1.807) is 6.07 Å². The molecule has 0 saturated heterocycles. The van der Waals surface area contributed by atoms with E-state index in [1.807, 2.05) is 24.3 Å². The standard InChI is InChI=1S/C13H12FN/c14-12-9-11(7-8-13(12)15)10-5-3-1-2-4-6-10/h1-3,5-9H,4,15H2. The monoisotopic (exact) mass is 201 g/mol. The summed E-state index contributed by atoms with van der Waals surface area (Å²) in [6.07, 6.45) is 10.9. The van der Waals surface area contributed by atoms with Crippen molar-refractivity contribution < 1.29 is 4.39 Å². The van der Waals surface area contributed by atoms with E-state index in [4.69, 9.17) is 5.73 Å². The lowest BCUT2D eigenvalue weighted by Gasteiger charge is -2.03. The molecule has 0 amide bonds. The Morgan fingerprint density at radius 2 is 2.07 bits per heavy atom. The lowest BCUT2D eigenvalue weighted by Crippen LogP contribution is -1.91. The molecule has 0 radical (unpaired) electrons. The number of halogens is 1. The highest BCUT2D eigenvalue weighted by Crippen LogP contribution is 2.22. The molecular formula is C13H12FN. The van der Waals surface area contributed by atoms with Crippen molar-refractivity contribution in [1.82, 2.24) is 0 Å². The Morgan fingerprint density at radius 1 is 1.20 bits per heavy atom. The van der Waals surface area contributed by atoms with Crippen molar-refractivity contribution >= 4 is 11.3 Å². The molecule has 1 aromatic rings. The fourth-order valence-electron chi connectivity index (χ4n) is 1.50. The van der Waals surface area contributed by atoms with Crippen molar-refractivity contribution in [3.8, 4) is 0 Å². The van der Waals surface area contributed by atoms with Gasteiger partial charge >= 0.3 is 0 Å². The first kappa shape index (κ1) is 9.71. The van der Waals surface area contributed by atoms with Crippen LogP contribution < -0.4 is 5.73 Å². The number of allylic oxidation sites excluding steroid dienone is 6. The van der Waals surface area contributed by atoms with Gasteiger partial charge in [-0.15, -0.1) is 0 Å². The van der Waals surface area contributed by atoms with Crippen LogP contribution in [0.4, 0.5) is 10.1 Å². The zero-order valence-corrected chi connectivity index (χ0v) is 8.28. The van der Waals surface area contributed by atoms with E-state index in [2.05, 4.69) is 12.2 Å². The third-order valence-corrected chi connectivity index (χ3v) is 2.33. The molecule has 2 N–H and O–H groups in total. The van der Waals surface area contributed by atoms with Gasteiger partial charge in [-0.3, -0.25) is 0 Å². The van der Waals surface area contributed by atoms with Gasteiger partial charge in [0, 0.05) is 0 Å².